The predicted molar refractivity (Wildman–Crippen MR) is 85.1 cm³/mol. The molecule has 3 heteroatoms. The van der Waals surface area contributed by atoms with E-state index in [0.29, 0.717) is 5.92 Å². The van der Waals surface area contributed by atoms with Crippen molar-refractivity contribution < 1.29 is 0 Å². The van der Waals surface area contributed by atoms with Gasteiger partial charge in [0.25, 0.3) is 0 Å². The molecule has 1 nitrogen and oxygen atoms in total. The van der Waals surface area contributed by atoms with Gasteiger partial charge in [0.05, 0.1) is 11.1 Å². The first kappa shape index (κ1) is 14.6. The van der Waals surface area contributed by atoms with Crippen molar-refractivity contribution in [1.29, 1.82) is 0 Å². The third kappa shape index (κ3) is 3.38. The monoisotopic (exact) mass is 293 g/mol. The fourth-order valence-electron chi connectivity index (χ4n) is 2.14. The minimum Gasteiger partial charge on any atom is -0.320 e. The molecule has 2 aromatic rings. The molecule has 1 heterocycles. The topological polar surface area (TPSA) is 26.0 Å². The maximum atomic E-state index is 6.31. The number of hydrogen-bond acceptors (Lipinski definition) is 2. The molecule has 0 aliphatic carbocycles. The quantitative estimate of drug-likeness (QED) is 0.847. The highest BCUT2D eigenvalue weighted by Gasteiger charge is 2.16. The van der Waals surface area contributed by atoms with Gasteiger partial charge in [-0.3, -0.25) is 0 Å². The average molecular weight is 294 g/mol. The Hall–Kier alpha value is -0.830. The van der Waals surface area contributed by atoms with Gasteiger partial charge in [-0.25, -0.2) is 0 Å². The molecule has 0 saturated heterocycles. The van der Waals surface area contributed by atoms with Gasteiger partial charge in [-0.1, -0.05) is 49.7 Å². The molecule has 0 fully saturated rings. The van der Waals surface area contributed by atoms with Crippen LogP contribution in [0.5, 0.6) is 0 Å². The van der Waals surface area contributed by atoms with Gasteiger partial charge in [0.1, 0.15) is 0 Å². The van der Waals surface area contributed by atoms with Gasteiger partial charge in [-0.15, -0.1) is 11.3 Å². The van der Waals surface area contributed by atoms with E-state index in [2.05, 4.69) is 43.5 Å². The SMILES string of the molecule is Cc1csc(C(N)c2ccc(CC(C)C)cc2)c1Cl. The number of halogens is 1. The number of aryl methyl sites for hydroxylation is 1. The first-order valence-corrected chi connectivity index (χ1v) is 7.82. The summed E-state index contributed by atoms with van der Waals surface area (Å²) in [5.41, 5.74) is 9.89. The van der Waals surface area contributed by atoms with E-state index in [1.165, 1.54) is 5.56 Å². The van der Waals surface area contributed by atoms with Crippen LogP contribution >= 0.6 is 22.9 Å². The van der Waals surface area contributed by atoms with E-state index >= 15 is 0 Å². The van der Waals surface area contributed by atoms with E-state index in [0.717, 1.165) is 27.4 Å². The van der Waals surface area contributed by atoms with Gasteiger partial charge >= 0.3 is 0 Å². The Morgan fingerprint density at radius 2 is 1.84 bits per heavy atom. The molecule has 0 aliphatic rings. The summed E-state index contributed by atoms with van der Waals surface area (Å²) in [6, 6.07) is 8.45. The lowest BCUT2D eigenvalue weighted by atomic mass is 9.99. The number of rotatable bonds is 4. The summed E-state index contributed by atoms with van der Waals surface area (Å²) >= 11 is 7.92. The normalized spacial score (nSPS) is 12.9. The Morgan fingerprint density at radius 3 is 2.32 bits per heavy atom. The molecule has 0 bridgehead atoms. The smallest absolute Gasteiger partial charge is 0.0661 e. The highest BCUT2D eigenvalue weighted by molar-refractivity contribution is 7.10. The summed E-state index contributed by atoms with van der Waals surface area (Å²) in [6.45, 7) is 6.47. The molecule has 0 amide bonds. The first-order chi connectivity index (χ1) is 8.99. The summed E-state index contributed by atoms with van der Waals surface area (Å²) in [4.78, 5) is 1.05. The minimum atomic E-state index is -0.126. The van der Waals surface area contributed by atoms with Crippen LogP contribution in [0.2, 0.25) is 5.02 Å². The summed E-state index contributed by atoms with van der Waals surface area (Å²) in [5, 5.41) is 2.87. The molecule has 2 N–H and O–H groups in total. The lowest BCUT2D eigenvalue weighted by molar-refractivity contribution is 0.647. The first-order valence-electron chi connectivity index (χ1n) is 6.57. The third-order valence-corrected chi connectivity index (χ3v) is 4.99. The van der Waals surface area contributed by atoms with Gasteiger partial charge in [0.2, 0.25) is 0 Å². The average Bonchev–Trinajstić information content (AvgIpc) is 2.69. The van der Waals surface area contributed by atoms with Crippen LogP contribution in [0.25, 0.3) is 0 Å². The second-order valence-corrected chi connectivity index (χ2v) is 6.70. The zero-order chi connectivity index (χ0) is 14.0. The van der Waals surface area contributed by atoms with Crippen LogP contribution in [0.1, 0.15) is 41.5 Å². The van der Waals surface area contributed by atoms with Gasteiger partial charge in [0.15, 0.2) is 0 Å². The third-order valence-electron chi connectivity index (χ3n) is 3.19. The van der Waals surface area contributed by atoms with E-state index in [-0.39, 0.29) is 6.04 Å². The van der Waals surface area contributed by atoms with Crippen molar-refractivity contribution in [1.82, 2.24) is 0 Å². The lowest BCUT2D eigenvalue weighted by Gasteiger charge is -2.12. The molecule has 0 spiro atoms. The molecule has 102 valence electrons. The number of thiophene rings is 1. The molecule has 1 aromatic carbocycles. The lowest BCUT2D eigenvalue weighted by Crippen LogP contribution is -2.10. The summed E-state index contributed by atoms with van der Waals surface area (Å²) in [6.07, 6.45) is 1.11. The standard InChI is InChI=1S/C16H20ClNS/c1-10(2)8-12-4-6-13(7-5-12)15(18)16-14(17)11(3)9-19-16/h4-7,9-10,15H,8,18H2,1-3H3. The molecule has 1 unspecified atom stereocenters. The Bertz CT molecular complexity index is 542. The van der Waals surface area contributed by atoms with Crippen LogP contribution in [-0.2, 0) is 6.42 Å². The fraction of sp³-hybridized carbons (Fsp3) is 0.375. The molecule has 2 rings (SSSR count). The van der Waals surface area contributed by atoms with Gasteiger partial charge in [0, 0.05) is 4.88 Å². The molecule has 1 aromatic heterocycles. The van der Waals surface area contributed by atoms with E-state index in [1.54, 1.807) is 11.3 Å². The Kier molecular flexibility index (Phi) is 4.67. The second-order valence-electron chi connectivity index (χ2n) is 5.41. The van der Waals surface area contributed by atoms with E-state index in [1.807, 2.05) is 6.92 Å². The van der Waals surface area contributed by atoms with E-state index in [4.69, 9.17) is 17.3 Å². The zero-order valence-corrected chi connectivity index (χ0v) is 13.2. The highest BCUT2D eigenvalue weighted by Crippen LogP contribution is 2.34. The number of hydrogen-bond donors (Lipinski definition) is 1. The van der Waals surface area contributed by atoms with Crippen LogP contribution in [0.4, 0.5) is 0 Å². The minimum absolute atomic E-state index is 0.126. The van der Waals surface area contributed by atoms with Crippen molar-refractivity contribution in [2.75, 3.05) is 0 Å². The summed E-state index contributed by atoms with van der Waals surface area (Å²) in [5.74, 6) is 0.675. The van der Waals surface area contributed by atoms with Crippen LogP contribution in [0.15, 0.2) is 29.6 Å². The van der Waals surface area contributed by atoms with Crippen molar-refractivity contribution in [3.8, 4) is 0 Å². The van der Waals surface area contributed by atoms with Crippen molar-refractivity contribution in [2.24, 2.45) is 11.7 Å². The Balaban J connectivity index is 2.20. The number of nitrogens with two attached hydrogens (primary N) is 1. The van der Waals surface area contributed by atoms with Crippen LogP contribution < -0.4 is 5.73 Å². The van der Waals surface area contributed by atoms with Crippen molar-refractivity contribution in [2.45, 2.75) is 33.2 Å². The van der Waals surface area contributed by atoms with Gasteiger partial charge < -0.3 is 5.73 Å². The largest absolute Gasteiger partial charge is 0.320 e. The van der Waals surface area contributed by atoms with Crippen LogP contribution in [-0.4, -0.2) is 0 Å². The van der Waals surface area contributed by atoms with Gasteiger partial charge in [-0.2, -0.15) is 0 Å². The van der Waals surface area contributed by atoms with Crippen molar-refractivity contribution >= 4 is 22.9 Å². The fourth-order valence-corrected chi connectivity index (χ4v) is 3.48. The maximum absolute atomic E-state index is 6.31. The molecule has 1 atom stereocenters. The van der Waals surface area contributed by atoms with E-state index in [9.17, 15) is 0 Å². The maximum Gasteiger partial charge on any atom is 0.0661 e. The zero-order valence-electron chi connectivity index (χ0n) is 11.6. The molecule has 0 aliphatic heterocycles. The van der Waals surface area contributed by atoms with Crippen LogP contribution in [0, 0.1) is 12.8 Å². The second kappa shape index (κ2) is 6.08. The van der Waals surface area contributed by atoms with E-state index < -0.39 is 0 Å². The molecular formula is C16H20ClNS. The van der Waals surface area contributed by atoms with Gasteiger partial charge in [-0.05, 0) is 41.3 Å². The Labute approximate surface area is 124 Å². The van der Waals surface area contributed by atoms with Crippen LogP contribution in [0.3, 0.4) is 0 Å². The van der Waals surface area contributed by atoms with Crippen molar-refractivity contribution in [3.63, 3.8) is 0 Å². The molecule has 19 heavy (non-hydrogen) atoms. The predicted octanol–water partition coefficient (Wildman–Crippen LogP) is 4.96. The number of benzene rings is 1. The summed E-state index contributed by atoms with van der Waals surface area (Å²) in [7, 11) is 0. The highest BCUT2D eigenvalue weighted by atomic mass is 35.5. The van der Waals surface area contributed by atoms with Crippen molar-refractivity contribution in [3.05, 3.63) is 56.2 Å². The molecule has 0 saturated carbocycles. The molecular weight excluding hydrogens is 274 g/mol. The summed E-state index contributed by atoms with van der Waals surface area (Å²) < 4.78 is 0. The molecule has 0 radical (unpaired) electrons. The Morgan fingerprint density at radius 1 is 1.21 bits per heavy atom.